The monoisotopic (exact) mass is 267 g/mol. The standard InChI is InChI=1S/C11H12ClF2N.ClH/c1-10(6-11(13,14)7-15-10)8-4-2-3-5-9(8)12;/h2-5,15H,6-7H2,1H3;1H. The van der Waals surface area contributed by atoms with Gasteiger partial charge in [0.25, 0.3) is 5.92 Å². The van der Waals surface area contributed by atoms with Crippen molar-refractivity contribution >= 4 is 24.0 Å². The molecule has 1 saturated heterocycles. The molecular formula is C11H13Cl2F2N. The van der Waals surface area contributed by atoms with E-state index < -0.39 is 11.5 Å². The maximum atomic E-state index is 13.2. The first-order valence-corrected chi connectivity index (χ1v) is 5.19. The molecule has 1 heterocycles. The van der Waals surface area contributed by atoms with E-state index in [1.807, 2.05) is 6.07 Å². The van der Waals surface area contributed by atoms with Gasteiger partial charge in [0.2, 0.25) is 0 Å². The van der Waals surface area contributed by atoms with E-state index in [-0.39, 0.29) is 25.4 Å². The zero-order chi connectivity index (χ0) is 11.1. The van der Waals surface area contributed by atoms with E-state index in [4.69, 9.17) is 11.6 Å². The third-order valence-electron chi connectivity index (χ3n) is 2.82. The first kappa shape index (κ1) is 13.7. The van der Waals surface area contributed by atoms with Crippen LogP contribution < -0.4 is 5.32 Å². The lowest BCUT2D eigenvalue weighted by Crippen LogP contribution is -2.33. The molecular weight excluding hydrogens is 255 g/mol. The van der Waals surface area contributed by atoms with E-state index in [1.165, 1.54) is 0 Å². The average molecular weight is 268 g/mol. The van der Waals surface area contributed by atoms with Crippen molar-refractivity contribution in [3.8, 4) is 0 Å². The normalized spacial score (nSPS) is 27.5. The van der Waals surface area contributed by atoms with Gasteiger partial charge in [-0.1, -0.05) is 29.8 Å². The fourth-order valence-corrected chi connectivity index (χ4v) is 2.41. The molecule has 1 unspecified atom stereocenters. The molecule has 1 nitrogen and oxygen atoms in total. The van der Waals surface area contributed by atoms with Gasteiger partial charge in [-0.2, -0.15) is 0 Å². The van der Waals surface area contributed by atoms with E-state index in [2.05, 4.69) is 5.32 Å². The van der Waals surface area contributed by atoms with Gasteiger partial charge in [0.15, 0.2) is 0 Å². The second-order valence-electron chi connectivity index (χ2n) is 4.20. The SMILES string of the molecule is CC1(c2ccccc2Cl)CC(F)(F)CN1.Cl. The quantitative estimate of drug-likeness (QED) is 0.820. The maximum absolute atomic E-state index is 13.2. The van der Waals surface area contributed by atoms with Gasteiger partial charge in [-0.15, -0.1) is 12.4 Å². The van der Waals surface area contributed by atoms with Crippen LogP contribution in [0.4, 0.5) is 8.78 Å². The van der Waals surface area contributed by atoms with Gasteiger partial charge in [-0.3, -0.25) is 0 Å². The molecule has 0 aliphatic carbocycles. The second-order valence-corrected chi connectivity index (χ2v) is 4.61. The van der Waals surface area contributed by atoms with Crippen LogP contribution in [0, 0.1) is 0 Å². The van der Waals surface area contributed by atoms with E-state index in [0.717, 1.165) is 5.56 Å². The van der Waals surface area contributed by atoms with Crippen molar-refractivity contribution in [1.82, 2.24) is 5.32 Å². The molecule has 1 aliphatic heterocycles. The van der Waals surface area contributed by atoms with E-state index in [0.29, 0.717) is 5.02 Å². The number of halogens is 4. The molecule has 0 amide bonds. The Morgan fingerprint density at radius 1 is 1.31 bits per heavy atom. The summed E-state index contributed by atoms with van der Waals surface area (Å²) in [4.78, 5) is 0. The minimum atomic E-state index is -2.64. The molecule has 1 atom stereocenters. The van der Waals surface area contributed by atoms with Gasteiger partial charge in [0.05, 0.1) is 6.54 Å². The minimum absolute atomic E-state index is 0. The Balaban J connectivity index is 0.00000128. The van der Waals surface area contributed by atoms with Crippen LogP contribution in [-0.2, 0) is 5.54 Å². The van der Waals surface area contributed by atoms with Crippen LogP contribution in [0.5, 0.6) is 0 Å². The maximum Gasteiger partial charge on any atom is 0.262 e. The Morgan fingerprint density at radius 2 is 1.94 bits per heavy atom. The van der Waals surface area contributed by atoms with Crippen LogP contribution in [0.15, 0.2) is 24.3 Å². The highest BCUT2D eigenvalue weighted by Gasteiger charge is 2.47. The summed E-state index contributed by atoms with van der Waals surface area (Å²) >= 11 is 6.00. The van der Waals surface area contributed by atoms with Crippen LogP contribution in [-0.4, -0.2) is 12.5 Å². The Morgan fingerprint density at radius 3 is 2.44 bits per heavy atom. The summed E-state index contributed by atoms with van der Waals surface area (Å²) < 4.78 is 26.3. The summed E-state index contributed by atoms with van der Waals surface area (Å²) in [5.74, 6) is -2.64. The third kappa shape index (κ3) is 2.47. The highest BCUT2D eigenvalue weighted by atomic mass is 35.5. The molecule has 1 aromatic carbocycles. The fourth-order valence-electron chi connectivity index (χ4n) is 2.07. The molecule has 5 heteroatoms. The summed E-state index contributed by atoms with van der Waals surface area (Å²) in [5.41, 5.74) is 0.0193. The van der Waals surface area contributed by atoms with Crippen molar-refractivity contribution in [1.29, 1.82) is 0 Å². The molecule has 0 aromatic heterocycles. The van der Waals surface area contributed by atoms with E-state index in [9.17, 15) is 8.78 Å². The summed E-state index contributed by atoms with van der Waals surface area (Å²) in [6.07, 6.45) is -0.205. The van der Waals surface area contributed by atoms with Gasteiger partial charge in [0, 0.05) is 17.0 Å². The van der Waals surface area contributed by atoms with Crippen LogP contribution >= 0.6 is 24.0 Å². The molecule has 90 valence electrons. The summed E-state index contributed by atoms with van der Waals surface area (Å²) in [6, 6.07) is 7.11. The number of benzene rings is 1. The van der Waals surface area contributed by atoms with Gasteiger partial charge >= 0.3 is 0 Å². The van der Waals surface area contributed by atoms with Crippen molar-refractivity contribution in [3.05, 3.63) is 34.9 Å². The highest BCUT2D eigenvalue weighted by molar-refractivity contribution is 6.31. The molecule has 1 fully saturated rings. The van der Waals surface area contributed by atoms with Crippen molar-refractivity contribution in [2.45, 2.75) is 24.8 Å². The zero-order valence-corrected chi connectivity index (χ0v) is 10.3. The number of hydrogen-bond donors (Lipinski definition) is 1. The predicted molar refractivity (Wildman–Crippen MR) is 63.6 cm³/mol. The van der Waals surface area contributed by atoms with Gasteiger partial charge in [-0.05, 0) is 18.6 Å². The van der Waals surface area contributed by atoms with Gasteiger partial charge in [0.1, 0.15) is 0 Å². The van der Waals surface area contributed by atoms with Crippen LogP contribution in [0.2, 0.25) is 5.02 Å². The first-order chi connectivity index (χ1) is 6.93. The molecule has 1 aliphatic rings. The molecule has 2 rings (SSSR count). The predicted octanol–water partition coefficient (Wildman–Crippen LogP) is 3.61. The summed E-state index contributed by atoms with van der Waals surface area (Å²) in [6.45, 7) is 1.48. The molecule has 0 bridgehead atoms. The van der Waals surface area contributed by atoms with Crippen LogP contribution in [0.3, 0.4) is 0 Å². The lowest BCUT2D eigenvalue weighted by atomic mass is 9.90. The number of nitrogens with one attached hydrogen (secondary N) is 1. The largest absolute Gasteiger partial charge is 0.302 e. The molecule has 1 aromatic rings. The number of alkyl halides is 2. The fraction of sp³-hybridized carbons (Fsp3) is 0.455. The molecule has 16 heavy (non-hydrogen) atoms. The Labute approximate surface area is 105 Å². The molecule has 0 radical (unpaired) electrons. The van der Waals surface area contributed by atoms with Crippen molar-refractivity contribution in [2.24, 2.45) is 0 Å². The van der Waals surface area contributed by atoms with Crippen LogP contribution in [0.25, 0.3) is 0 Å². The Hall–Kier alpha value is -0.380. The van der Waals surface area contributed by atoms with Crippen molar-refractivity contribution in [3.63, 3.8) is 0 Å². The van der Waals surface area contributed by atoms with Gasteiger partial charge < -0.3 is 5.32 Å². The zero-order valence-electron chi connectivity index (χ0n) is 8.77. The Kier molecular flexibility index (Phi) is 3.83. The molecule has 1 N–H and O–H groups in total. The summed E-state index contributed by atoms with van der Waals surface area (Å²) in [7, 11) is 0. The van der Waals surface area contributed by atoms with E-state index in [1.54, 1.807) is 25.1 Å². The first-order valence-electron chi connectivity index (χ1n) is 4.81. The van der Waals surface area contributed by atoms with Gasteiger partial charge in [-0.25, -0.2) is 8.78 Å². The highest BCUT2D eigenvalue weighted by Crippen LogP contribution is 2.41. The lowest BCUT2D eigenvalue weighted by Gasteiger charge is -2.25. The summed E-state index contributed by atoms with van der Waals surface area (Å²) in [5, 5.41) is 3.38. The molecule has 0 saturated carbocycles. The van der Waals surface area contributed by atoms with Crippen LogP contribution in [0.1, 0.15) is 18.9 Å². The van der Waals surface area contributed by atoms with Crippen molar-refractivity contribution < 1.29 is 8.78 Å². The third-order valence-corrected chi connectivity index (χ3v) is 3.15. The lowest BCUT2D eigenvalue weighted by molar-refractivity contribution is 0.0165. The number of hydrogen-bond acceptors (Lipinski definition) is 1. The van der Waals surface area contributed by atoms with Crippen molar-refractivity contribution in [2.75, 3.05) is 6.54 Å². The number of rotatable bonds is 1. The Bertz CT molecular complexity index is 384. The topological polar surface area (TPSA) is 12.0 Å². The van der Waals surface area contributed by atoms with E-state index >= 15 is 0 Å². The molecule has 0 spiro atoms. The average Bonchev–Trinajstić information content (AvgIpc) is 2.42. The second kappa shape index (κ2) is 4.47. The minimum Gasteiger partial charge on any atom is -0.302 e. The smallest absolute Gasteiger partial charge is 0.262 e.